The van der Waals surface area contributed by atoms with E-state index in [1.54, 1.807) is 6.92 Å². The molecule has 70 valence electrons. The van der Waals surface area contributed by atoms with Gasteiger partial charge in [-0.25, -0.2) is 0 Å². The molecule has 0 saturated heterocycles. The quantitative estimate of drug-likeness (QED) is 0.651. The van der Waals surface area contributed by atoms with E-state index in [4.69, 9.17) is 0 Å². The van der Waals surface area contributed by atoms with Crippen LogP contribution in [-0.4, -0.2) is 17.0 Å². The third kappa shape index (κ3) is 1.18. The van der Waals surface area contributed by atoms with E-state index in [0.717, 1.165) is 6.42 Å². The zero-order chi connectivity index (χ0) is 9.57. The summed E-state index contributed by atoms with van der Waals surface area (Å²) in [5.74, 6) is 0.198. The number of carbonyl (C=O) groups excluding carboxylic acids is 1. The van der Waals surface area contributed by atoms with Crippen molar-refractivity contribution in [1.29, 1.82) is 0 Å². The minimum Gasteiger partial charge on any atom is -0.393 e. The van der Waals surface area contributed by atoms with E-state index in [0.29, 0.717) is 6.42 Å². The molecule has 0 radical (unpaired) electrons. The Morgan fingerprint density at radius 1 is 1.33 bits per heavy atom. The smallest absolute Gasteiger partial charge is 0.136 e. The van der Waals surface area contributed by atoms with Gasteiger partial charge >= 0.3 is 0 Å². The zero-order valence-electron chi connectivity index (χ0n) is 8.35. The third-order valence-corrected chi connectivity index (χ3v) is 3.66. The summed E-state index contributed by atoms with van der Waals surface area (Å²) in [5.41, 5.74) is -0.384. The second-order valence-electron chi connectivity index (χ2n) is 4.83. The maximum Gasteiger partial charge on any atom is 0.136 e. The van der Waals surface area contributed by atoms with E-state index in [1.807, 2.05) is 6.92 Å². The van der Waals surface area contributed by atoms with Crippen molar-refractivity contribution in [3.05, 3.63) is 0 Å². The maximum absolute atomic E-state index is 11.4. The van der Waals surface area contributed by atoms with Gasteiger partial charge < -0.3 is 5.11 Å². The molecular weight excluding hydrogens is 152 g/mol. The molecule has 1 aliphatic carbocycles. The van der Waals surface area contributed by atoms with Gasteiger partial charge in [0, 0.05) is 5.41 Å². The van der Waals surface area contributed by atoms with Crippen molar-refractivity contribution < 1.29 is 9.90 Å². The van der Waals surface area contributed by atoms with Gasteiger partial charge in [-0.15, -0.1) is 0 Å². The molecule has 1 N–H and O–H groups in total. The molecule has 0 aromatic rings. The summed E-state index contributed by atoms with van der Waals surface area (Å²) < 4.78 is 0. The minimum absolute atomic E-state index is 0.0573. The first-order valence-electron chi connectivity index (χ1n) is 4.49. The summed E-state index contributed by atoms with van der Waals surface area (Å²) in [6, 6.07) is 0. The zero-order valence-corrected chi connectivity index (χ0v) is 8.35. The van der Waals surface area contributed by atoms with Crippen molar-refractivity contribution in [2.75, 3.05) is 0 Å². The van der Waals surface area contributed by atoms with Crippen LogP contribution in [0.25, 0.3) is 0 Å². The summed E-state index contributed by atoms with van der Waals surface area (Å²) in [5, 5.41) is 9.50. The Morgan fingerprint density at radius 3 is 2.00 bits per heavy atom. The van der Waals surface area contributed by atoms with Gasteiger partial charge in [0.1, 0.15) is 5.78 Å². The van der Waals surface area contributed by atoms with Crippen molar-refractivity contribution >= 4 is 5.78 Å². The first-order valence-corrected chi connectivity index (χ1v) is 4.49. The lowest BCUT2D eigenvalue weighted by Gasteiger charge is -2.35. The summed E-state index contributed by atoms with van der Waals surface area (Å²) in [6.07, 6.45) is 1.06. The number of aliphatic hydroxyl groups is 1. The fourth-order valence-corrected chi connectivity index (χ4v) is 2.25. The van der Waals surface area contributed by atoms with Crippen LogP contribution in [0.15, 0.2) is 0 Å². The van der Waals surface area contributed by atoms with E-state index in [1.165, 1.54) is 0 Å². The van der Waals surface area contributed by atoms with Gasteiger partial charge in [0.15, 0.2) is 0 Å². The van der Waals surface area contributed by atoms with Crippen LogP contribution in [-0.2, 0) is 4.79 Å². The predicted molar refractivity (Wildman–Crippen MR) is 47.8 cm³/mol. The van der Waals surface area contributed by atoms with Crippen LogP contribution in [0.5, 0.6) is 0 Å². The second-order valence-corrected chi connectivity index (χ2v) is 4.83. The van der Waals surface area contributed by atoms with Crippen LogP contribution >= 0.6 is 0 Å². The number of rotatable bonds is 1. The highest BCUT2D eigenvalue weighted by Gasteiger charge is 2.51. The molecule has 1 unspecified atom stereocenters. The minimum atomic E-state index is -0.327. The molecule has 0 aliphatic heterocycles. The van der Waals surface area contributed by atoms with Crippen LogP contribution in [0, 0.1) is 10.8 Å². The van der Waals surface area contributed by atoms with Gasteiger partial charge in [0.2, 0.25) is 0 Å². The number of hydrogen-bond donors (Lipinski definition) is 1. The summed E-state index contributed by atoms with van der Waals surface area (Å²) in [4.78, 5) is 11.4. The molecule has 0 aromatic heterocycles. The Balaban J connectivity index is 2.98. The Bertz CT molecular complexity index is 208. The molecule has 0 amide bonds. The van der Waals surface area contributed by atoms with Crippen LogP contribution in [0.3, 0.4) is 0 Å². The SMILES string of the molecule is CC(=O)C1(C)C[C@@H](O)CC1(C)C. The molecule has 0 aromatic carbocycles. The van der Waals surface area contributed by atoms with Crippen molar-refractivity contribution in [2.45, 2.75) is 46.6 Å². The molecule has 1 rings (SSSR count). The number of carbonyl (C=O) groups is 1. The average Bonchev–Trinajstić information content (AvgIpc) is 2.02. The molecule has 12 heavy (non-hydrogen) atoms. The largest absolute Gasteiger partial charge is 0.393 e. The number of ketones is 1. The highest BCUT2D eigenvalue weighted by atomic mass is 16.3. The fraction of sp³-hybridized carbons (Fsp3) is 0.900. The number of hydrogen-bond acceptors (Lipinski definition) is 2. The average molecular weight is 170 g/mol. The normalized spacial score (nSPS) is 39.9. The Kier molecular flexibility index (Phi) is 2.07. The van der Waals surface area contributed by atoms with Crippen LogP contribution < -0.4 is 0 Å². The van der Waals surface area contributed by atoms with Gasteiger partial charge in [-0.1, -0.05) is 20.8 Å². The summed E-state index contributed by atoms with van der Waals surface area (Å²) in [6.45, 7) is 7.71. The highest BCUT2D eigenvalue weighted by Crippen LogP contribution is 2.52. The highest BCUT2D eigenvalue weighted by molar-refractivity contribution is 5.83. The molecule has 0 heterocycles. The van der Waals surface area contributed by atoms with Crippen LogP contribution in [0.4, 0.5) is 0 Å². The van der Waals surface area contributed by atoms with Crippen molar-refractivity contribution in [3.63, 3.8) is 0 Å². The van der Waals surface area contributed by atoms with Gasteiger partial charge in [-0.2, -0.15) is 0 Å². The van der Waals surface area contributed by atoms with Gasteiger partial charge in [-0.05, 0) is 25.2 Å². The summed E-state index contributed by atoms with van der Waals surface area (Å²) in [7, 11) is 0. The van der Waals surface area contributed by atoms with Gasteiger partial charge in [0.25, 0.3) is 0 Å². The van der Waals surface area contributed by atoms with Gasteiger partial charge in [0.05, 0.1) is 6.10 Å². The standard InChI is InChI=1S/C10H18O2/c1-7(11)10(4)6-8(12)5-9(10,2)3/h8,12H,5-6H2,1-4H3/t8-,10?/m0/s1. The van der Waals surface area contributed by atoms with Crippen molar-refractivity contribution in [3.8, 4) is 0 Å². The first kappa shape index (κ1) is 9.72. The molecule has 0 spiro atoms. The molecular formula is C10H18O2. The van der Waals surface area contributed by atoms with E-state index in [9.17, 15) is 9.90 Å². The van der Waals surface area contributed by atoms with E-state index >= 15 is 0 Å². The Labute approximate surface area is 74.0 Å². The number of Topliss-reactive ketones (excluding diaryl/α,β-unsaturated/α-hetero) is 1. The molecule has 0 bridgehead atoms. The topological polar surface area (TPSA) is 37.3 Å². The lowest BCUT2D eigenvalue weighted by Crippen LogP contribution is -2.36. The Morgan fingerprint density at radius 2 is 1.83 bits per heavy atom. The predicted octanol–water partition coefficient (Wildman–Crippen LogP) is 1.76. The van der Waals surface area contributed by atoms with Crippen molar-refractivity contribution in [2.24, 2.45) is 10.8 Å². The monoisotopic (exact) mass is 170 g/mol. The van der Waals surface area contributed by atoms with E-state index < -0.39 is 0 Å². The lowest BCUT2D eigenvalue weighted by atomic mass is 9.67. The van der Waals surface area contributed by atoms with Crippen molar-refractivity contribution in [1.82, 2.24) is 0 Å². The maximum atomic E-state index is 11.4. The van der Waals surface area contributed by atoms with E-state index in [2.05, 4.69) is 13.8 Å². The van der Waals surface area contributed by atoms with Crippen LogP contribution in [0.1, 0.15) is 40.5 Å². The Hall–Kier alpha value is -0.370. The van der Waals surface area contributed by atoms with Gasteiger partial charge in [-0.3, -0.25) is 4.79 Å². The van der Waals surface area contributed by atoms with Crippen LogP contribution in [0.2, 0.25) is 0 Å². The molecule has 1 aliphatic rings. The second kappa shape index (κ2) is 2.56. The molecule has 1 saturated carbocycles. The van der Waals surface area contributed by atoms with E-state index in [-0.39, 0.29) is 22.7 Å². The molecule has 1 fully saturated rings. The molecule has 2 atom stereocenters. The molecule has 2 heteroatoms. The fourth-order valence-electron chi connectivity index (χ4n) is 2.25. The number of aliphatic hydroxyl groups excluding tert-OH is 1. The first-order chi connectivity index (χ1) is 5.29. The third-order valence-electron chi connectivity index (χ3n) is 3.66. The summed E-state index contributed by atoms with van der Waals surface area (Å²) >= 11 is 0. The lowest BCUT2D eigenvalue weighted by molar-refractivity contribution is -0.130. The molecule has 2 nitrogen and oxygen atoms in total.